The van der Waals surface area contributed by atoms with Gasteiger partial charge in [-0.1, -0.05) is 66.7 Å². The molecule has 0 N–H and O–H groups in total. The van der Waals surface area contributed by atoms with Crippen molar-refractivity contribution in [2.24, 2.45) is 0 Å². The average molecular weight is 594 g/mol. The molecule has 202 valence electrons. The number of fused-ring (bicyclic) bond motifs is 6. The molecule has 2 aromatic heterocycles. The highest BCUT2D eigenvalue weighted by atomic mass is 32.1. The lowest BCUT2D eigenvalue weighted by molar-refractivity contribution is 1.41. The first-order valence-electron chi connectivity index (χ1n) is 14.0. The van der Waals surface area contributed by atoms with Gasteiger partial charge < -0.3 is 0 Å². The molecule has 0 saturated carbocycles. The summed E-state index contributed by atoms with van der Waals surface area (Å²) in [6.07, 6.45) is 0. The van der Waals surface area contributed by atoms with Gasteiger partial charge in [0.05, 0.1) is 34.9 Å². The van der Waals surface area contributed by atoms with Gasteiger partial charge in [-0.2, -0.15) is 15.8 Å². The molecular weight excluding hydrogens is 575 g/mol. The van der Waals surface area contributed by atoms with E-state index in [-0.39, 0.29) is 0 Å². The fraction of sp³-hybridized carbons (Fsp3) is 0. The summed E-state index contributed by atoms with van der Waals surface area (Å²) < 4.78 is 4.88. The van der Waals surface area contributed by atoms with Gasteiger partial charge in [0.1, 0.15) is 0 Å². The molecule has 0 bridgehead atoms. The van der Waals surface area contributed by atoms with Gasteiger partial charge in [0.25, 0.3) is 0 Å². The van der Waals surface area contributed by atoms with Gasteiger partial charge >= 0.3 is 0 Å². The van der Waals surface area contributed by atoms with Crippen molar-refractivity contribution in [1.82, 2.24) is 0 Å². The fourth-order valence-corrected chi connectivity index (χ4v) is 8.55. The molecule has 0 aliphatic heterocycles. The van der Waals surface area contributed by atoms with Crippen LogP contribution in [0.2, 0.25) is 0 Å². The zero-order chi connectivity index (χ0) is 29.8. The maximum Gasteiger partial charge on any atom is 0.0999 e. The Hall–Kier alpha value is -5.77. The second kappa shape index (κ2) is 10.2. The van der Waals surface area contributed by atoms with Crippen LogP contribution in [-0.2, 0) is 0 Å². The highest BCUT2D eigenvalue weighted by Gasteiger charge is 2.18. The monoisotopic (exact) mass is 593 g/mol. The second-order valence-corrected chi connectivity index (χ2v) is 12.8. The van der Waals surface area contributed by atoms with Crippen molar-refractivity contribution in [3.05, 3.63) is 132 Å². The van der Waals surface area contributed by atoms with Crippen molar-refractivity contribution in [2.45, 2.75) is 0 Å². The quantitative estimate of drug-likeness (QED) is 0.205. The topological polar surface area (TPSA) is 71.4 Å². The molecule has 8 aromatic rings. The maximum absolute atomic E-state index is 10.1. The van der Waals surface area contributed by atoms with Gasteiger partial charge in [-0.05, 0) is 76.3 Å². The van der Waals surface area contributed by atoms with Crippen LogP contribution < -0.4 is 0 Å². The van der Waals surface area contributed by atoms with E-state index in [1.54, 1.807) is 34.8 Å². The second-order valence-electron chi connectivity index (χ2n) is 10.7. The Labute approximate surface area is 261 Å². The Morgan fingerprint density at radius 1 is 0.432 bits per heavy atom. The van der Waals surface area contributed by atoms with E-state index in [9.17, 15) is 15.8 Å². The number of nitrogens with zero attached hydrogens (tertiary/aromatic N) is 3. The van der Waals surface area contributed by atoms with E-state index >= 15 is 0 Å². The van der Waals surface area contributed by atoms with Crippen LogP contribution in [0.1, 0.15) is 16.7 Å². The van der Waals surface area contributed by atoms with Crippen LogP contribution in [0.25, 0.3) is 73.7 Å². The number of hydrogen-bond donors (Lipinski definition) is 0. The summed E-state index contributed by atoms with van der Waals surface area (Å²) in [5.74, 6) is 0. The Balaban J connectivity index is 1.42. The number of benzene rings is 6. The van der Waals surface area contributed by atoms with E-state index in [1.165, 1.54) is 40.3 Å². The van der Waals surface area contributed by atoms with Crippen LogP contribution in [0.5, 0.6) is 0 Å². The zero-order valence-electron chi connectivity index (χ0n) is 23.1. The molecule has 6 aromatic carbocycles. The number of rotatable bonds is 3. The number of hydrogen-bond acceptors (Lipinski definition) is 5. The zero-order valence-corrected chi connectivity index (χ0v) is 24.8. The molecule has 0 unspecified atom stereocenters. The minimum atomic E-state index is 0.295. The van der Waals surface area contributed by atoms with Crippen LogP contribution >= 0.6 is 22.7 Å². The largest absolute Gasteiger partial charge is 0.192 e. The number of thiophene rings is 2. The van der Waals surface area contributed by atoms with Crippen LogP contribution in [0.15, 0.2) is 115 Å². The summed E-state index contributed by atoms with van der Waals surface area (Å²) in [6, 6.07) is 46.0. The van der Waals surface area contributed by atoms with Gasteiger partial charge in [-0.15, -0.1) is 22.7 Å². The predicted octanol–water partition coefficient (Wildman–Crippen LogP) is 11.0. The molecule has 0 fully saturated rings. The Morgan fingerprint density at radius 2 is 1.05 bits per heavy atom. The molecule has 0 radical (unpaired) electrons. The van der Waals surface area contributed by atoms with Crippen LogP contribution in [0.3, 0.4) is 0 Å². The molecule has 0 spiro atoms. The van der Waals surface area contributed by atoms with Gasteiger partial charge in [0.15, 0.2) is 0 Å². The van der Waals surface area contributed by atoms with Crippen molar-refractivity contribution in [1.29, 1.82) is 15.8 Å². The smallest absolute Gasteiger partial charge is 0.0999 e. The summed E-state index contributed by atoms with van der Waals surface area (Å²) in [5.41, 5.74) is 6.38. The van der Waals surface area contributed by atoms with Gasteiger partial charge in [0, 0.05) is 45.9 Å². The summed E-state index contributed by atoms with van der Waals surface area (Å²) in [4.78, 5) is 0. The normalized spacial score (nSPS) is 11.1. The maximum atomic E-state index is 10.1. The highest BCUT2D eigenvalue weighted by molar-refractivity contribution is 7.26. The van der Waals surface area contributed by atoms with E-state index < -0.39 is 0 Å². The van der Waals surface area contributed by atoms with E-state index in [1.807, 2.05) is 0 Å². The first kappa shape index (κ1) is 25.9. The molecule has 0 amide bonds. The highest BCUT2D eigenvalue weighted by Crippen LogP contribution is 2.43. The fourth-order valence-electron chi connectivity index (χ4n) is 6.17. The third kappa shape index (κ3) is 4.06. The molecule has 3 nitrogen and oxygen atoms in total. The molecule has 0 saturated heterocycles. The van der Waals surface area contributed by atoms with Crippen molar-refractivity contribution in [2.75, 3.05) is 0 Å². The Bertz CT molecular complexity index is 2570. The van der Waals surface area contributed by atoms with Crippen LogP contribution in [0, 0.1) is 34.0 Å². The lowest BCUT2D eigenvalue weighted by Gasteiger charge is -2.14. The Morgan fingerprint density at radius 3 is 1.77 bits per heavy atom. The molecule has 2 heterocycles. The molecule has 44 heavy (non-hydrogen) atoms. The molecule has 0 aliphatic carbocycles. The summed E-state index contributed by atoms with van der Waals surface area (Å²) in [6.45, 7) is 0. The van der Waals surface area contributed by atoms with Gasteiger partial charge in [-0.3, -0.25) is 0 Å². The summed E-state index contributed by atoms with van der Waals surface area (Å²) in [7, 11) is 0. The van der Waals surface area contributed by atoms with Crippen molar-refractivity contribution in [3.8, 4) is 51.6 Å². The molecule has 0 atom stereocenters. The third-order valence-electron chi connectivity index (χ3n) is 8.16. The van der Waals surface area contributed by atoms with E-state index in [2.05, 4.69) is 121 Å². The minimum Gasteiger partial charge on any atom is -0.192 e. The molecule has 0 aliphatic rings. The first-order valence-corrected chi connectivity index (χ1v) is 15.6. The predicted molar refractivity (Wildman–Crippen MR) is 183 cm³/mol. The standard InChI is InChI=1S/C39H19N3S2/c40-20-23-14-28(21-41)38(29(15-23)22-42)27-17-25(24-12-13-33-31-6-1-3-10-35(31)43-37(33)19-24)16-26(18-27)30-8-5-9-34-32-7-2-4-11-36(32)44-39(30)34/h1-19H. The van der Waals surface area contributed by atoms with Gasteiger partial charge in [0.2, 0.25) is 0 Å². The SMILES string of the molecule is N#Cc1cc(C#N)c(-c2cc(-c3ccc4c(c3)sc3ccccc34)cc(-c3cccc4c3sc3ccccc34)c2)c(C#N)c1. The first-order chi connectivity index (χ1) is 21.6. The molecule has 8 rings (SSSR count). The van der Waals surface area contributed by atoms with E-state index in [0.29, 0.717) is 22.3 Å². The van der Waals surface area contributed by atoms with E-state index in [0.717, 1.165) is 27.8 Å². The third-order valence-corrected chi connectivity index (χ3v) is 10.5. The molecular formula is C39H19N3S2. The summed E-state index contributed by atoms with van der Waals surface area (Å²) >= 11 is 3.55. The van der Waals surface area contributed by atoms with Gasteiger partial charge in [-0.25, -0.2) is 0 Å². The van der Waals surface area contributed by atoms with Crippen LogP contribution in [-0.4, -0.2) is 0 Å². The van der Waals surface area contributed by atoms with Crippen molar-refractivity contribution >= 4 is 63.0 Å². The Kier molecular flexibility index (Phi) is 6.00. The lowest BCUT2D eigenvalue weighted by atomic mass is 9.88. The minimum absolute atomic E-state index is 0.295. The van der Waals surface area contributed by atoms with E-state index in [4.69, 9.17) is 0 Å². The van der Waals surface area contributed by atoms with Crippen LogP contribution in [0.4, 0.5) is 0 Å². The average Bonchev–Trinajstić information content (AvgIpc) is 3.65. The van der Waals surface area contributed by atoms with Crippen molar-refractivity contribution < 1.29 is 0 Å². The number of nitriles is 3. The summed E-state index contributed by atoms with van der Waals surface area (Å²) in [5, 5.41) is 34.7. The lowest BCUT2D eigenvalue weighted by Crippen LogP contribution is -1.94. The molecule has 5 heteroatoms. The van der Waals surface area contributed by atoms with Crippen molar-refractivity contribution in [3.63, 3.8) is 0 Å².